The molecule has 4 nitrogen and oxygen atoms in total. The second-order valence-electron chi connectivity index (χ2n) is 5.13. The second kappa shape index (κ2) is 6.31. The number of para-hydroxylation sites is 1. The number of aromatic nitrogens is 2. The lowest BCUT2D eigenvalue weighted by molar-refractivity contribution is 0.757. The normalized spacial score (nSPS) is 14.5. The molecule has 0 fully saturated rings. The van der Waals surface area contributed by atoms with Crippen LogP contribution in [0.3, 0.4) is 0 Å². The summed E-state index contributed by atoms with van der Waals surface area (Å²) < 4.78 is 0. The van der Waals surface area contributed by atoms with Crippen LogP contribution in [-0.2, 0) is 6.42 Å². The average molecular weight is 303 g/mol. The first-order chi connectivity index (χ1) is 10.3. The number of nitrogens with one attached hydrogen (secondary N) is 1. The molecule has 5 heteroatoms. The van der Waals surface area contributed by atoms with E-state index in [1.807, 2.05) is 6.92 Å². The lowest BCUT2D eigenvalue weighted by Crippen LogP contribution is -2.20. The summed E-state index contributed by atoms with van der Waals surface area (Å²) in [7, 11) is 0. The van der Waals surface area contributed by atoms with Crippen LogP contribution in [0.5, 0.6) is 0 Å². The Labute approximate surface area is 130 Å². The summed E-state index contributed by atoms with van der Waals surface area (Å²) >= 11 is 6.36. The maximum Gasteiger partial charge on any atom is 0.224 e. The van der Waals surface area contributed by atoms with Gasteiger partial charge in [-0.15, -0.1) is 0 Å². The number of halogens is 1. The molecule has 1 N–H and O–H groups in total. The van der Waals surface area contributed by atoms with E-state index in [0.29, 0.717) is 11.0 Å². The molecule has 0 unspecified atom stereocenters. The SMILES string of the molecule is CCNc1ncc(Cl)c(N2CCCCc3ccccc32)n1. The van der Waals surface area contributed by atoms with E-state index in [9.17, 15) is 0 Å². The van der Waals surface area contributed by atoms with Gasteiger partial charge in [-0.05, 0) is 37.8 Å². The highest BCUT2D eigenvalue weighted by Gasteiger charge is 2.20. The van der Waals surface area contributed by atoms with Crippen molar-refractivity contribution in [2.45, 2.75) is 26.2 Å². The quantitative estimate of drug-likeness (QED) is 0.929. The summed E-state index contributed by atoms with van der Waals surface area (Å²) in [6, 6.07) is 8.49. The van der Waals surface area contributed by atoms with Gasteiger partial charge in [-0.3, -0.25) is 0 Å². The second-order valence-corrected chi connectivity index (χ2v) is 5.54. The minimum Gasteiger partial charge on any atom is -0.354 e. The first-order valence-corrected chi connectivity index (χ1v) is 7.79. The number of aryl methyl sites for hydroxylation is 1. The predicted octanol–water partition coefficient (Wildman–Crippen LogP) is 4.04. The molecule has 0 saturated carbocycles. The molecule has 110 valence electrons. The molecule has 0 amide bonds. The summed E-state index contributed by atoms with van der Waals surface area (Å²) in [6.07, 6.45) is 5.10. The zero-order valence-corrected chi connectivity index (χ0v) is 12.9. The summed E-state index contributed by atoms with van der Waals surface area (Å²) in [4.78, 5) is 11.0. The fraction of sp³-hybridized carbons (Fsp3) is 0.375. The molecule has 21 heavy (non-hydrogen) atoms. The van der Waals surface area contributed by atoms with Crippen molar-refractivity contribution < 1.29 is 0 Å². The molecule has 3 rings (SSSR count). The molecule has 0 radical (unpaired) electrons. The minimum absolute atomic E-state index is 0.591. The third-order valence-corrected chi connectivity index (χ3v) is 3.94. The lowest BCUT2D eigenvalue weighted by atomic mass is 10.1. The van der Waals surface area contributed by atoms with Crippen molar-refractivity contribution in [3.8, 4) is 0 Å². The first kappa shape index (κ1) is 14.1. The number of anilines is 3. The van der Waals surface area contributed by atoms with Crippen molar-refractivity contribution in [2.24, 2.45) is 0 Å². The van der Waals surface area contributed by atoms with Gasteiger partial charge in [0.2, 0.25) is 5.95 Å². The zero-order valence-electron chi connectivity index (χ0n) is 12.1. The molecule has 0 saturated heterocycles. The van der Waals surface area contributed by atoms with Crippen LogP contribution >= 0.6 is 11.6 Å². The van der Waals surface area contributed by atoms with E-state index in [-0.39, 0.29) is 0 Å². The molecule has 0 aliphatic carbocycles. The number of fused-ring (bicyclic) bond motifs is 1. The molecule has 1 aromatic heterocycles. The number of hydrogen-bond donors (Lipinski definition) is 1. The van der Waals surface area contributed by atoms with Crippen LogP contribution in [0.4, 0.5) is 17.5 Å². The third kappa shape index (κ3) is 2.95. The number of nitrogens with zero attached hydrogens (tertiary/aromatic N) is 3. The number of hydrogen-bond acceptors (Lipinski definition) is 4. The minimum atomic E-state index is 0.591. The van der Waals surface area contributed by atoms with Crippen molar-refractivity contribution in [1.82, 2.24) is 9.97 Å². The molecular formula is C16H19ClN4. The van der Waals surface area contributed by atoms with Gasteiger partial charge < -0.3 is 10.2 Å². The van der Waals surface area contributed by atoms with Crippen molar-refractivity contribution >= 4 is 29.1 Å². The highest BCUT2D eigenvalue weighted by atomic mass is 35.5. The Bertz CT molecular complexity index is 629. The van der Waals surface area contributed by atoms with Crippen molar-refractivity contribution in [2.75, 3.05) is 23.3 Å². The standard InChI is InChI=1S/C16H19ClN4/c1-2-18-16-19-11-13(17)15(20-16)21-10-6-5-8-12-7-3-4-9-14(12)21/h3-4,7,9,11H,2,5-6,8,10H2,1H3,(H,18,19,20). The zero-order chi connectivity index (χ0) is 14.7. The van der Waals surface area contributed by atoms with Crippen molar-refractivity contribution in [1.29, 1.82) is 0 Å². The molecule has 1 aromatic carbocycles. The maximum absolute atomic E-state index is 6.36. The number of rotatable bonds is 3. The largest absolute Gasteiger partial charge is 0.354 e. The Balaban J connectivity index is 2.05. The molecule has 1 aliphatic rings. The Morgan fingerprint density at radius 2 is 2.14 bits per heavy atom. The van der Waals surface area contributed by atoms with E-state index in [1.54, 1.807) is 6.20 Å². The van der Waals surface area contributed by atoms with Crippen LogP contribution in [0.15, 0.2) is 30.5 Å². The molecular weight excluding hydrogens is 284 g/mol. The summed E-state index contributed by atoms with van der Waals surface area (Å²) in [6.45, 7) is 3.75. The summed E-state index contributed by atoms with van der Waals surface area (Å²) in [5, 5.41) is 3.74. The van der Waals surface area contributed by atoms with Crippen LogP contribution in [-0.4, -0.2) is 23.1 Å². The third-order valence-electron chi connectivity index (χ3n) is 3.68. The Hall–Kier alpha value is -1.81. The fourth-order valence-corrected chi connectivity index (χ4v) is 2.90. The monoisotopic (exact) mass is 302 g/mol. The van der Waals surface area contributed by atoms with E-state index in [0.717, 1.165) is 31.7 Å². The highest BCUT2D eigenvalue weighted by Crippen LogP contribution is 2.35. The Kier molecular flexibility index (Phi) is 4.25. The van der Waals surface area contributed by atoms with Crippen LogP contribution in [0.2, 0.25) is 5.02 Å². The predicted molar refractivity (Wildman–Crippen MR) is 87.6 cm³/mol. The van der Waals surface area contributed by atoms with Crippen molar-refractivity contribution in [3.63, 3.8) is 0 Å². The maximum atomic E-state index is 6.36. The number of benzene rings is 1. The van der Waals surface area contributed by atoms with E-state index in [2.05, 4.69) is 44.5 Å². The molecule has 0 bridgehead atoms. The van der Waals surface area contributed by atoms with Crippen LogP contribution in [0.1, 0.15) is 25.3 Å². The van der Waals surface area contributed by atoms with Gasteiger partial charge in [0, 0.05) is 18.8 Å². The topological polar surface area (TPSA) is 41.1 Å². The molecule has 0 atom stereocenters. The average Bonchev–Trinajstić information content (AvgIpc) is 2.72. The first-order valence-electron chi connectivity index (χ1n) is 7.41. The van der Waals surface area contributed by atoms with E-state index < -0.39 is 0 Å². The van der Waals surface area contributed by atoms with Gasteiger partial charge in [0.25, 0.3) is 0 Å². The molecule has 1 aliphatic heterocycles. The van der Waals surface area contributed by atoms with Gasteiger partial charge in [0.15, 0.2) is 5.82 Å². The van der Waals surface area contributed by atoms with Gasteiger partial charge in [0.05, 0.1) is 6.20 Å². The van der Waals surface area contributed by atoms with Gasteiger partial charge in [0.1, 0.15) is 5.02 Å². The Morgan fingerprint density at radius 3 is 3.00 bits per heavy atom. The van der Waals surface area contributed by atoms with Gasteiger partial charge in [-0.25, -0.2) is 4.98 Å². The van der Waals surface area contributed by atoms with E-state index in [1.165, 1.54) is 17.7 Å². The van der Waals surface area contributed by atoms with Crippen LogP contribution in [0, 0.1) is 0 Å². The fourth-order valence-electron chi connectivity index (χ4n) is 2.70. The van der Waals surface area contributed by atoms with Gasteiger partial charge in [-0.1, -0.05) is 29.8 Å². The molecule has 2 heterocycles. The van der Waals surface area contributed by atoms with Crippen molar-refractivity contribution in [3.05, 3.63) is 41.0 Å². The molecule has 0 spiro atoms. The molecule has 2 aromatic rings. The van der Waals surface area contributed by atoms with E-state index in [4.69, 9.17) is 11.6 Å². The summed E-state index contributed by atoms with van der Waals surface area (Å²) in [5.74, 6) is 1.41. The smallest absolute Gasteiger partial charge is 0.224 e. The van der Waals surface area contributed by atoms with Gasteiger partial charge >= 0.3 is 0 Å². The van der Waals surface area contributed by atoms with E-state index >= 15 is 0 Å². The van der Waals surface area contributed by atoms with Gasteiger partial charge in [-0.2, -0.15) is 4.98 Å². The highest BCUT2D eigenvalue weighted by molar-refractivity contribution is 6.33. The van der Waals surface area contributed by atoms with Crippen LogP contribution < -0.4 is 10.2 Å². The Morgan fingerprint density at radius 1 is 1.29 bits per heavy atom. The lowest BCUT2D eigenvalue weighted by Gasteiger charge is -2.25. The summed E-state index contributed by atoms with van der Waals surface area (Å²) in [5.41, 5.74) is 2.56. The van der Waals surface area contributed by atoms with Crippen LogP contribution in [0.25, 0.3) is 0 Å².